The minimum atomic E-state index is -1.09. The molecule has 19 heavy (non-hydrogen) atoms. The minimum absolute atomic E-state index is 0.00978. The first-order chi connectivity index (χ1) is 9.16. The second-order valence-electron chi connectivity index (χ2n) is 4.91. The van der Waals surface area contributed by atoms with Gasteiger partial charge in [0.2, 0.25) is 5.91 Å². The Morgan fingerprint density at radius 2 is 1.89 bits per heavy atom. The van der Waals surface area contributed by atoms with Gasteiger partial charge in [-0.15, -0.1) is 0 Å². The van der Waals surface area contributed by atoms with Crippen LogP contribution in [0.3, 0.4) is 0 Å². The quantitative estimate of drug-likeness (QED) is 0.821. The molecule has 1 fully saturated rings. The van der Waals surface area contributed by atoms with Crippen molar-refractivity contribution in [1.29, 1.82) is 0 Å². The Labute approximate surface area is 112 Å². The van der Waals surface area contributed by atoms with E-state index in [4.69, 9.17) is 5.11 Å². The van der Waals surface area contributed by atoms with Gasteiger partial charge >= 0.3 is 5.97 Å². The molecular formula is C14H18N2O3. The smallest absolute Gasteiger partial charge is 0.354 e. The van der Waals surface area contributed by atoms with Crippen molar-refractivity contribution < 1.29 is 14.7 Å². The van der Waals surface area contributed by atoms with E-state index < -0.39 is 5.97 Å². The van der Waals surface area contributed by atoms with Gasteiger partial charge in [0, 0.05) is 17.8 Å². The fourth-order valence-corrected chi connectivity index (χ4v) is 2.41. The number of hydrogen-bond acceptors (Lipinski definition) is 3. The SMILES string of the molecule is O=C(O)c1cc(NC(=O)C2CCCCCC2)ccn1. The lowest BCUT2D eigenvalue weighted by atomic mass is 9.99. The molecule has 1 aliphatic rings. The van der Waals surface area contributed by atoms with E-state index in [2.05, 4.69) is 10.3 Å². The molecule has 1 aromatic rings. The van der Waals surface area contributed by atoms with Crippen LogP contribution in [0.1, 0.15) is 49.0 Å². The number of carbonyl (C=O) groups is 2. The Hall–Kier alpha value is -1.91. The Bertz CT molecular complexity index is 466. The van der Waals surface area contributed by atoms with Crippen LogP contribution < -0.4 is 5.32 Å². The molecule has 1 aromatic heterocycles. The molecule has 0 saturated heterocycles. The van der Waals surface area contributed by atoms with E-state index in [-0.39, 0.29) is 17.5 Å². The molecule has 1 amide bonds. The van der Waals surface area contributed by atoms with Gasteiger partial charge in [0.1, 0.15) is 5.69 Å². The first kappa shape index (κ1) is 13.5. The number of anilines is 1. The number of amides is 1. The second-order valence-corrected chi connectivity index (χ2v) is 4.91. The number of nitrogens with one attached hydrogen (secondary N) is 1. The molecule has 2 rings (SSSR count). The first-order valence-corrected chi connectivity index (χ1v) is 6.67. The van der Waals surface area contributed by atoms with Gasteiger partial charge in [0.05, 0.1) is 0 Å². The van der Waals surface area contributed by atoms with E-state index in [1.165, 1.54) is 25.1 Å². The number of aromatic carboxylic acids is 1. The molecule has 0 aliphatic heterocycles. The van der Waals surface area contributed by atoms with Gasteiger partial charge in [-0.1, -0.05) is 25.7 Å². The van der Waals surface area contributed by atoms with E-state index in [1.807, 2.05) is 0 Å². The van der Waals surface area contributed by atoms with Crippen molar-refractivity contribution in [3.8, 4) is 0 Å². The monoisotopic (exact) mass is 262 g/mol. The number of pyridine rings is 1. The van der Waals surface area contributed by atoms with Crippen molar-refractivity contribution in [1.82, 2.24) is 4.98 Å². The normalized spacial score (nSPS) is 16.6. The highest BCUT2D eigenvalue weighted by Gasteiger charge is 2.20. The van der Waals surface area contributed by atoms with Gasteiger partial charge in [-0.25, -0.2) is 9.78 Å². The summed E-state index contributed by atoms with van der Waals surface area (Å²) in [7, 11) is 0. The number of hydrogen-bond donors (Lipinski definition) is 2. The molecule has 5 nitrogen and oxygen atoms in total. The number of aromatic nitrogens is 1. The van der Waals surface area contributed by atoms with Crippen LogP contribution in [-0.4, -0.2) is 22.0 Å². The number of nitrogens with zero attached hydrogens (tertiary/aromatic N) is 1. The minimum Gasteiger partial charge on any atom is -0.477 e. The van der Waals surface area contributed by atoms with E-state index in [9.17, 15) is 9.59 Å². The molecule has 0 bridgehead atoms. The molecule has 1 aliphatic carbocycles. The Balaban J connectivity index is 2.01. The van der Waals surface area contributed by atoms with Crippen LogP contribution >= 0.6 is 0 Å². The average molecular weight is 262 g/mol. The van der Waals surface area contributed by atoms with Crippen molar-refractivity contribution in [2.24, 2.45) is 5.92 Å². The molecule has 0 atom stereocenters. The maximum atomic E-state index is 12.1. The van der Waals surface area contributed by atoms with Gasteiger partial charge in [-0.2, -0.15) is 0 Å². The summed E-state index contributed by atoms with van der Waals surface area (Å²) >= 11 is 0. The summed E-state index contributed by atoms with van der Waals surface area (Å²) in [6, 6.07) is 3.00. The zero-order valence-corrected chi connectivity index (χ0v) is 10.8. The molecule has 5 heteroatoms. The molecule has 0 radical (unpaired) electrons. The van der Waals surface area contributed by atoms with Crippen molar-refractivity contribution in [2.75, 3.05) is 5.32 Å². The topological polar surface area (TPSA) is 79.3 Å². The zero-order chi connectivity index (χ0) is 13.7. The van der Waals surface area contributed by atoms with Crippen LogP contribution in [0.5, 0.6) is 0 Å². The number of rotatable bonds is 3. The highest BCUT2D eigenvalue weighted by Crippen LogP contribution is 2.24. The fourth-order valence-electron chi connectivity index (χ4n) is 2.41. The van der Waals surface area contributed by atoms with Crippen molar-refractivity contribution >= 4 is 17.6 Å². The van der Waals surface area contributed by atoms with Crippen LogP contribution in [0.15, 0.2) is 18.3 Å². The summed E-state index contributed by atoms with van der Waals surface area (Å²) in [4.78, 5) is 26.7. The highest BCUT2D eigenvalue weighted by atomic mass is 16.4. The van der Waals surface area contributed by atoms with Crippen LogP contribution in [-0.2, 0) is 4.79 Å². The first-order valence-electron chi connectivity index (χ1n) is 6.67. The van der Waals surface area contributed by atoms with Crippen molar-refractivity contribution in [2.45, 2.75) is 38.5 Å². The van der Waals surface area contributed by atoms with E-state index in [0.29, 0.717) is 5.69 Å². The van der Waals surface area contributed by atoms with Gasteiger partial charge in [-0.3, -0.25) is 4.79 Å². The molecule has 0 aromatic carbocycles. The van der Waals surface area contributed by atoms with Crippen molar-refractivity contribution in [3.05, 3.63) is 24.0 Å². The lowest BCUT2D eigenvalue weighted by molar-refractivity contribution is -0.120. The third-order valence-electron chi connectivity index (χ3n) is 3.47. The molecule has 0 unspecified atom stereocenters. The molecule has 102 valence electrons. The van der Waals surface area contributed by atoms with E-state index in [0.717, 1.165) is 25.7 Å². The van der Waals surface area contributed by atoms with Crippen LogP contribution in [0.25, 0.3) is 0 Å². The number of carboxylic acids is 1. The fraction of sp³-hybridized carbons (Fsp3) is 0.500. The largest absolute Gasteiger partial charge is 0.477 e. The maximum Gasteiger partial charge on any atom is 0.354 e. The van der Waals surface area contributed by atoms with Gasteiger partial charge in [-0.05, 0) is 25.0 Å². The maximum absolute atomic E-state index is 12.1. The van der Waals surface area contributed by atoms with E-state index in [1.54, 1.807) is 6.07 Å². The Morgan fingerprint density at radius 3 is 2.53 bits per heavy atom. The Kier molecular flexibility index (Phi) is 4.49. The highest BCUT2D eigenvalue weighted by molar-refractivity contribution is 5.94. The van der Waals surface area contributed by atoms with Gasteiger partial charge in [0.15, 0.2) is 0 Å². The molecule has 1 heterocycles. The van der Waals surface area contributed by atoms with Crippen molar-refractivity contribution in [3.63, 3.8) is 0 Å². The zero-order valence-electron chi connectivity index (χ0n) is 10.8. The van der Waals surface area contributed by atoms with Gasteiger partial charge in [0.25, 0.3) is 0 Å². The Morgan fingerprint density at radius 1 is 1.21 bits per heavy atom. The number of carboxylic acid groups (broad SMARTS) is 1. The predicted molar refractivity (Wildman–Crippen MR) is 71.0 cm³/mol. The summed E-state index contributed by atoms with van der Waals surface area (Å²) in [6.45, 7) is 0. The average Bonchev–Trinajstić information content (AvgIpc) is 2.68. The van der Waals surface area contributed by atoms with Crippen LogP contribution in [0.2, 0.25) is 0 Å². The summed E-state index contributed by atoms with van der Waals surface area (Å²) in [5, 5.41) is 11.6. The molecule has 0 spiro atoms. The summed E-state index contributed by atoms with van der Waals surface area (Å²) in [5.74, 6) is -1.06. The molecule has 1 saturated carbocycles. The van der Waals surface area contributed by atoms with E-state index >= 15 is 0 Å². The lowest BCUT2D eigenvalue weighted by Crippen LogP contribution is -2.22. The summed E-state index contributed by atoms with van der Waals surface area (Å²) < 4.78 is 0. The summed E-state index contributed by atoms with van der Waals surface area (Å²) in [6.07, 6.45) is 7.81. The van der Waals surface area contributed by atoms with Crippen LogP contribution in [0.4, 0.5) is 5.69 Å². The second kappa shape index (κ2) is 6.31. The number of carbonyl (C=O) groups excluding carboxylic acids is 1. The third-order valence-corrected chi connectivity index (χ3v) is 3.47. The third kappa shape index (κ3) is 3.77. The van der Waals surface area contributed by atoms with Gasteiger partial charge < -0.3 is 10.4 Å². The predicted octanol–water partition coefficient (Wildman–Crippen LogP) is 2.69. The summed E-state index contributed by atoms with van der Waals surface area (Å²) in [5.41, 5.74) is 0.445. The van der Waals surface area contributed by atoms with Crippen LogP contribution in [0, 0.1) is 5.92 Å². The molecule has 2 N–H and O–H groups in total. The lowest BCUT2D eigenvalue weighted by Gasteiger charge is -2.14. The molecular weight excluding hydrogens is 244 g/mol. The standard InChI is InChI=1S/C14H18N2O3/c17-13(10-5-3-1-2-4-6-10)16-11-7-8-15-12(9-11)14(18)19/h7-10H,1-6H2,(H,18,19)(H,15,16,17).